The van der Waals surface area contributed by atoms with Crippen molar-refractivity contribution in [3.05, 3.63) is 63.2 Å². The highest BCUT2D eigenvalue weighted by atomic mass is 32.1. The van der Waals surface area contributed by atoms with Gasteiger partial charge in [0.2, 0.25) is 17.1 Å². The molecule has 1 amide bonds. The molecule has 0 aromatic carbocycles. The number of amides is 1. The maximum Gasteiger partial charge on any atom is 0.259 e. The Morgan fingerprint density at radius 3 is 2.83 bits per heavy atom. The Labute approximate surface area is 175 Å². The van der Waals surface area contributed by atoms with Gasteiger partial charge in [-0.05, 0) is 37.4 Å². The second-order valence-corrected chi connectivity index (χ2v) is 8.27. The van der Waals surface area contributed by atoms with Crippen LogP contribution < -0.4 is 5.43 Å². The molecular weight excluding hydrogens is 402 g/mol. The van der Waals surface area contributed by atoms with Gasteiger partial charge in [0.1, 0.15) is 11.2 Å². The molecule has 1 fully saturated rings. The fourth-order valence-electron chi connectivity index (χ4n) is 3.63. The predicted molar refractivity (Wildman–Crippen MR) is 113 cm³/mol. The van der Waals surface area contributed by atoms with Crippen LogP contribution in [-0.2, 0) is 6.54 Å². The number of carbonyl (C=O) groups is 1. The number of hydrogen-bond donors (Lipinski definition) is 0. The molecule has 30 heavy (non-hydrogen) atoms. The summed E-state index contributed by atoms with van der Waals surface area (Å²) in [5.41, 5.74) is 1.31. The van der Waals surface area contributed by atoms with Crippen molar-refractivity contribution in [2.24, 2.45) is 0 Å². The molecule has 152 valence electrons. The monoisotopic (exact) mass is 421 g/mol. The van der Waals surface area contributed by atoms with Crippen LogP contribution in [0.5, 0.6) is 0 Å². The van der Waals surface area contributed by atoms with Crippen LogP contribution in [-0.4, -0.2) is 43.6 Å². The van der Waals surface area contributed by atoms with E-state index >= 15 is 0 Å². The van der Waals surface area contributed by atoms with E-state index in [1.54, 1.807) is 34.6 Å². The lowest BCUT2D eigenvalue weighted by atomic mass is 9.98. The molecule has 4 aromatic heterocycles. The van der Waals surface area contributed by atoms with Gasteiger partial charge in [-0.2, -0.15) is 4.98 Å². The average molecular weight is 421 g/mol. The number of aryl methyl sites for hydroxylation is 2. The third-order valence-electron chi connectivity index (χ3n) is 5.33. The van der Waals surface area contributed by atoms with Crippen LogP contribution in [0.25, 0.3) is 21.7 Å². The van der Waals surface area contributed by atoms with Crippen LogP contribution in [0.15, 0.2) is 45.2 Å². The van der Waals surface area contributed by atoms with Gasteiger partial charge in [-0.3, -0.25) is 9.59 Å². The Balaban J connectivity index is 1.38. The molecule has 5 rings (SSSR count). The summed E-state index contributed by atoms with van der Waals surface area (Å²) in [5.74, 6) is 0.784. The molecule has 1 saturated heterocycles. The van der Waals surface area contributed by atoms with Gasteiger partial charge in [0.15, 0.2) is 0 Å². The normalized spacial score (nSPS) is 14.3. The van der Waals surface area contributed by atoms with Gasteiger partial charge in [-0.25, -0.2) is 4.98 Å². The topological polar surface area (TPSA) is 94.1 Å². The van der Waals surface area contributed by atoms with Crippen molar-refractivity contribution >= 4 is 28.3 Å². The first-order valence-corrected chi connectivity index (χ1v) is 10.6. The molecule has 0 atom stereocenters. The Bertz CT molecular complexity index is 1300. The lowest BCUT2D eigenvalue weighted by molar-refractivity contribution is 0.0567. The zero-order valence-electron chi connectivity index (χ0n) is 16.5. The fraction of sp³-hybridized carbons (Fsp3) is 0.286. The van der Waals surface area contributed by atoms with Crippen LogP contribution in [0.3, 0.4) is 0 Å². The number of pyridine rings is 2. The van der Waals surface area contributed by atoms with E-state index in [-0.39, 0.29) is 22.8 Å². The maximum atomic E-state index is 13.0. The van der Waals surface area contributed by atoms with Crippen LogP contribution in [0.1, 0.15) is 34.8 Å². The van der Waals surface area contributed by atoms with E-state index in [0.29, 0.717) is 42.4 Å². The first-order chi connectivity index (χ1) is 14.5. The molecule has 4 aromatic rings. The fourth-order valence-corrected chi connectivity index (χ4v) is 4.28. The highest BCUT2D eigenvalue weighted by molar-refractivity contribution is 7.13. The molecule has 0 bridgehead atoms. The van der Waals surface area contributed by atoms with Crippen LogP contribution in [0.2, 0.25) is 0 Å². The van der Waals surface area contributed by atoms with Gasteiger partial charge in [-0.1, -0.05) is 11.2 Å². The van der Waals surface area contributed by atoms with Crippen molar-refractivity contribution in [1.29, 1.82) is 0 Å². The van der Waals surface area contributed by atoms with Gasteiger partial charge < -0.3 is 14.0 Å². The third kappa shape index (κ3) is 3.02. The molecule has 0 aliphatic carbocycles. The van der Waals surface area contributed by atoms with E-state index in [9.17, 15) is 9.59 Å². The van der Waals surface area contributed by atoms with E-state index in [4.69, 9.17) is 4.52 Å². The summed E-state index contributed by atoms with van der Waals surface area (Å²) in [6.07, 6.45) is 1.62. The van der Waals surface area contributed by atoms with Crippen molar-refractivity contribution in [2.45, 2.75) is 26.3 Å². The van der Waals surface area contributed by atoms with Gasteiger partial charge in [-0.15, -0.1) is 11.3 Å². The standard InChI is InChI=1S/C21H19N5O3S/c1-3-25-11-15(17(27)14-7-6-12(2)22-19(14)25)21(28)26-9-13(10-26)20-23-18(24-29-20)16-5-4-8-30-16/h4-8,11,13H,3,9-10H2,1-2H3. The summed E-state index contributed by atoms with van der Waals surface area (Å²) in [6.45, 7) is 5.35. The highest BCUT2D eigenvalue weighted by Gasteiger charge is 2.37. The molecule has 8 nitrogen and oxygen atoms in total. The molecule has 0 N–H and O–H groups in total. The number of rotatable bonds is 4. The SMILES string of the molecule is CCn1cc(C(=O)N2CC(c3nc(-c4cccs4)no3)C2)c(=O)c2ccc(C)nc21. The van der Waals surface area contributed by atoms with Crippen molar-refractivity contribution < 1.29 is 9.32 Å². The van der Waals surface area contributed by atoms with Crippen molar-refractivity contribution in [3.63, 3.8) is 0 Å². The number of fused-ring (bicyclic) bond motifs is 1. The Morgan fingerprint density at radius 2 is 2.10 bits per heavy atom. The van der Waals surface area contributed by atoms with Crippen molar-refractivity contribution in [2.75, 3.05) is 13.1 Å². The van der Waals surface area contributed by atoms with Crippen molar-refractivity contribution in [1.82, 2.24) is 24.6 Å². The third-order valence-corrected chi connectivity index (χ3v) is 6.20. The van der Waals surface area contributed by atoms with Crippen LogP contribution in [0, 0.1) is 6.92 Å². The lowest BCUT2D eigenvalue weighted by Gasteiger charge is -2.37. The maximum absolute atomic E-state index is 13.0. The zero-order valence-corrected chi connectivity index (χ0v) is 17.3. The molecule has 0 unspecified atom stereocenters. The summed E-state index contributed by atoms with van der Waals surface area (Å²) >= 11 is 1.54. The number of likely N-dealkylation sites (tertiary alicyclic amines) is 1. The number of carbonyl (C=O) groups excluding carboxylic acids is 1. The van der Waals surface area contributed by atoms with E-state index in [2.05, 4.69) is 15.1 Å². The highest BCUT2D eigenvalue weighted by Crippen LogP contribution is 2.29. The van der Waals surface area contributed by atoms with Gasteiger partial charge >= 0.3 is 0 Å². The molecule has 9 heteroatoms. The number of aromatic nitrogens is 4. The minimum Gasteiger partial charge on any atom is -0.339 e. The van der Waals surface area contributed by atoms with E-state index < -0.39 is 0 Å². The molecule has 5 heterocycles. The number of hydrogen-bond acceptors (Lipinski definition) is 7. The summed E-state index contributed by atoms with van der Waals surface area (Å²) in [7, 11) is 0. The Morgan fingerprint density at radius 1 is 1.27 bits per heavy atom. The first-order valence-electron chi connectivity index (χ1n) is 9.72. The molecule has 0 spiro atoms. The van der Waals surface area contributed by atoms with Gasteiger partial charge in [0.05, 0.1) is 16.2 Å². The smallest absolute Gasteiger partial charge is 0.259 e. The number of thiophene rings is 1. The van der Waals surface area contributed by atoms with Crippen LogP contribution in [0.4, 0.5) is 0 Å². The van der Waals surface area contributed by atoms with Crippen molar-refractivity contribution in [3.8, 4) is 10.7 Å². The van der Waals surface area contributed by atoms with Crippen LogP contribution >= 0.6 is 11.3 Å². The summed E-state index contributed by atoms with van der Waals surface area (Å²) in [5, 5.41) is 6.45. The molecule has 0 saturated carbocycles. The second-order valence-electron chi connectivity index (χ2n) is 7.32. The number of nitrogens with zero attached hydrogens (tertiary/aromatic N) is 5. The molecular formula is C21H19N5O3S. The summed E-state index contributed by atoms with van der Waals surface area (Å²) in [4.78, 5) is 37.5. The Hall–Kier alpha value is -3.33. The Kier molecular flexibility index (Phi) is 4.47. The average Bonchev–Trinajstić information content (AvgIpc) is 3.39. The minimum absolute atomic E-state index is 0.0201. The lowest BCUT2D eigenvalue weighted by Crippen LogP contribution is -2.49. The van der Waals surface area contributed by atoms with E-state index in [0.717, 1.165) is 10.6 Å². The van der Waals surface area contributed by atoms with Gasteiger partial charge in [0, 0.05) is 31.5 Å². The summed E-state index contributed by atoms with van der Waals surface area (Å²) < 4.78 is 7.24. The summed E-state index contributed by atoms with van der Waals surface area (Å²) in [6, 6.07) is 7.40. The van der Waals surface area contributed by atoms with E-state index in [1.165, 1.54) is 0 Å². The second kappa shape index (κ2) is 7.17. The zero-order chi connectivity index (χ0) is 20.8. The minimum atomic E-state index is -0.284. The molecule has 1 aliphatic rings. The van der Waals surface area contributed by atoms with E-state index in [1.807, 2.05) is 35.9 Å². The first kappa shape index (κ1) is 18.7. The largest absolute Gasteiger partial charge is 0.339 e. The quantitative estimate of drug-likeness (QED) is 0.503. The van der Waals surface area contributed by atoms with Gasteiger partial charge in [0.25, 0.3) is 5.91 Å². The predicted octanol–water partition coefficient (Wildman–Crippen LogP) is 3.08. The molecule has 0 radical (unpaired) electrons. The molecule has 1 aliphatic heterocycles.